The molecule has 0 saturated carbocycles. The summed E-state index contributed by atoms with van der Waals surface area (Å²) in [5.74, 6) is 0. The first-order valence-corrected chi connectivity index (χ1v) is 23.8. The summed E-state index contributed by atoms with van der Waals surface area (Å²) in [5, 5.41) is 8.00. The molecule has 0 amide bonds. The van der Waals surface area contributed by atoms with Crippen molar-refractivity contribution >= 4 is 89.0 Å². The van der Waals surface area contributed by atoms with Gasteiger partial charge in [-0.1, -0.05) is 18.2 Å². The molecule has 3 aromatic heterocycles. The van der Waals surface area contributed by atoms with Crippen LogP contribution in [0.15, 0.2) is 231 Å². The minimum absolute atomic E-state index is 0.131. The van der Waals surface area contributed by atoms with Gasteiger partial charge in [-0.25, -0.2) is 0 Å². The van der Waals surface area contributed by atoms with Crippen LogP contribution >= 0.6 is 0 Å². The predicted molar refractivity (Wildman–Crippen MR) is 270 cm³/mol. The Labute approximate surface area is 376 Å². The Bertz CT molecular complexity index is 3910. The van der Waals surface area contributed by atoms with Gasteiger partial charge in [0.15, 0.2) is 0 Å². The van der Waals surface area contributed by atoms with E-state index < -0.39 is 5.41 Å². The predicted octanol–water partition coefficient (Wildman–Crippen LogP) is 15.7. The Balaban J connectivity index is 1.06. The van der Waals surface area contributed by atoms with E-state index in [2.05, 4.69) is 240 Å². The standard InChI is InChI=1S/C61H38N2Se/c1-3-16-39(17-4-1)40-18-13-21-44(36-40)62(43-34-32-42(33-35-43)61(41-19-5-2-6-20-41)52-28-10-7-22-46(52)47-23-8-11-29-53(47)61)45-37-55-59-57(38-45)64-56-31-15-25-49(58(56)59)51-27-14-26-50-48-24-9-12-30-54(48)63(55)60(50)51/h1-38H. The van der Waals surface area contributed by atoms with E-state index in [0.29, 0.717) is 0 Å². The van der Waals surface area contributed by atoms with Gasteiger partial charge in [-0.15, -0.1) is 0 Å². The van der Waals surface area contributed by atoms with Crippen molar-refractivity contribution in [1.82, 2.24) is 4.40 Å². The van der Waals surface area contributed by atoms with Crippen molar-refractivity contribution in [3.8, 4) is 22.3 Å². The second kappa shape index (κ2) is 13.7. The zero-order valence-electron chi connectivity index (χ0n) is 34.7. The molecule has 13 aromatic rings. The molecule has 0 saturated heterocycles. The molecule has 1 aliphatic rings. The van der Waals surface area contributed by atoms with Gasteiger partial charge >= 0.3 is 360 Å². The molecule has 3 heteroatoms. The normalized spacial score (nSPS) is 13.1. The molecule has 3 heterocycles. The number of benzene rings is 10. The number of para-hydroxylation sites is 2. The van der Waals surface area contributed by atoms with E-state index in [1.54, 1.807) is 0 Å². The number of hydrogen-bond acceptors (Lipinski definition) is 1. The molecule has 10 aromatic carbocycles. The summed E-state index contributed by atoms with van der Waals surface area (Å²) in [6, 6.07) is 86.2. The summed E-state index contributed by atoms with van der Waals surface area (Å²) in [7, 11) is 0. The average molecular weight is 878 g/mol. The van der Waals surface area contributed by atoms with Gasteiger partial charge in [-0.05, 0) is 0 Å². The molecule has 0 unspecified atom stereocenters. The molecule has 0 fully saturated rings. The zero-order chi connectivity index (χ0) is 41.9. The maximum atomic E-state index is 2.58. The van der Waals surface area contributed by atoms with Gasteiger partial charge < -0.3 is 0 Å². The van der Waals surface area contributed by atoms with E-state index in [9.17, 15) is 0 Å². The monoisotopic (exact) mass is 878 g/mol. The summed E-state index contributed by atoms with van der Waals surface area (Å²) in [6.07, 6.45) is 0. The van der Waals surface area contributed by atoms with Crippen molar-refractivity contribution in [1.29, 1.82) is 0 Å². The van der Waals surface area contributed by atoms with Crippen LogP contribution in [-0.2, 0) is 5.41 Å². The molecule has 2 nitrogen and oxygen atoms in total. The maximum absolute atomic E-state index is 2.58. The fraction of sp³-hybridized carbons (Fsp3) is 0.0164. The average Bonchev–Trinajstić information content (AvgIpc) is 3.99. The summed E-state index contributed by atoms with van der Waals surface area (Å²) < 4.78 is 5.45. The van der Waals surface area contributed by atoms with Gasteiger partial charge in [0.1, 0.15) is 0 Å². The summed E-state index contributed by atoms with van der Waals surface area (Å²) in [5.41, 5.74) is 16.8. The Hall–Kier alpha value is -7.68. The first-order valence-electron chi connectivity index (χ1n) is 22.1. The molecule has 0 radical (unpaired) electrons. The molecule has 64 heavy (non-hydrogen) atoms. The van der Waals surface area contributed by atoms with Gasteiger partial charge in [-0.3, -0.25) is 0 Å². The van der Waals surface area contributed by atoms with Crippen LogP contribution in [0.5, 0.6) is 0 Å². The molecule has 1 aliphatic carbocycles. The Kier molecular flexibility index (Phi) is 7.65. The summed E-state index contributed by atoms with van der Waals surface area (Å²) in [4.78, 5) is 2.50. The van der Waals surface area contributed by atoms with Crippen LogP contribution in [0.4, 0.5) is 17.1 Å². The number of aromatic nitrogens is 1. The van der Waals surface area contributed by atoms with Crippen LogP contribution in [0, 0.1) is 0 Å². The van der Waals surface area contributed by atoms with E-state index >= 15 is 0 Å². The van der Waals surface area contributed by atoms with Crippen molar-refractivity contribution in [3.05, 3.63) is 253 Å². The van der Waals surface area contributed by atoms with Gasteiger partial charge in [-0.2, -0.15) is 0 Å². The van der Waals surface area contributed by atoms with Crippen LogP contribution in [0.1, 0.15) is 22.3 Å². The molecule has 14 rings (SSSR count). The molecule has 0 spiro atoms. The van der Waals surface area contributed by atoms with E-state index in [0.717, 1.165) is 17.1 Å². The van der Waals surface area contributed by atoms with E-state index in [-0.39, 0.29) is 14.5 Å². The Morgan fingerprint density at radius 1 is 0.359 bits per heavy atom. The summed E-state index contributed by atoms with van der Waals surface area (Å²) >= 11 is 0.131. The Morgan fingerprint density at radius 2 is 0.953 bits per heavy atom. The van der Waals surface area contributed by atoms with Crippen molar-refractivity contribution in [2.75, 3.05) is 4.90 Å². The Morgan fingerprint density at radius 3 is 1.73 bits per heavy atom. The van der Waals surface area contributed by atoms with Gasteiger partial charge in [0, 0.05) is 0 Å². The van der Waals surface area contributed by atoms with Crippen molar-refractivity contribution in [3.63, 3.8) is 0 Å². The van der Waals surface area contributed by atoms with E-state index in [1.165, 1.54) is 102 Å². The number of hydrogen-bond donors (Lipinski definition) is 0. The molecular weight excluding hydrogens is 840 g/mol. The molecule has 0 bridgehead atoms. The van der Waals surface area contributed by atoms with Gasteiger partial charge in [0.2, 0.25) is 0 Å². The molecular formula is C61H38N2Se. The molecule has 0 N–H and O–H groups in total. The number of anilines is 3. The molecule has 0 aliphatic heterocycles. The molecule has 298 valence electrons. The van der Waals surface area contributed by atoms with Crippen molar-refractivity contribution in [2.45, 2.75) is 5.41 Å². The van der Waals surface area contributed by atoms with Crippen molar-refractivity contribution in [2.24, 2.45) is 0 Å². The van der Waals surface area contributed by atoms with Crippen LogP contribution in [0.2, 0.25) is 0 Å². The van der Waals surface area contributed by atoms with Gasteiger partial charge in [0.25, 0.3) is 0 Å². The number of fused-ring (bicyclic) bond motifs is 8. The fourth-order valence-electron chi connectivity index (χ4n) is 11.4. The number of rotatable bonds is 6. The third kappa shape index (κ3) is 4.91. The van der Waals surface area contributed by atoms with Gasteiger partial charge in [0.05, 0.1) is 0 Å². The third-order valence-electron chi connectivity index (χ3n) is 14.0. The topological polar surface area (TPSA) is 7.65 Å². The summed E-state index contributed by atoms with van der Waals surface area (Å²) in [6.45, 7) is 0. The van der Waals surface area contributed by atoms with Crippen molar-refractivity contribution < 1.29 is 0 Å². The van der Waals surface area contributed by atoms with E-state index in [1.807, 2.05) is 0 Å². The quantitative estimate of drug-likeness (QED) is 0.151. The first-order chi connectivity index (χ1) is 31.8. The SMILES string of the molecule is c1ccc(-c2cccc(N(c3ccc(C4(c5ccccc5)c5ccccc5-c5ccccc54)cc3)c3cc4[se]c5cccc6c7cccc8c9ccccc9n(c(c3)c4c56)c78)c2)cc1. The minimum atomic E-state index is -0.471. The second-order valence-corrected chi connectivity index (χ2v) is 19.5. The fourth-order valence-corrected chi connectivity index (χ4v) is 13.9. The first kappa shape index (κ1) is 35.9. The van der Waals surface area contributed by atoms with Crippen LogP contribution in [0.3, 0.4) is 0 Å². The number of nitrogens with zero attached hydrogens (tertiary/aromatic N) is 2. The van der Waals surface area contributed by atoms with Crippen LogP contribution < -0.4 is 4.90 Å². The third-order valence-corrected chi connectivity index (χ3v) is 16.3. The zero-order valence-corrected chi connectivity index (χ0v) is 36.5. The van der Waals surface area contributed by atoms with Crippen LogP contribution in [0.25, 0.3) is 79.6 Å². The van der Waals surface area contributed by atoms with E-state index in [4.69, 9.17) is 0 Å². The van der Waals surface area contributed by atoms with Crippen LogP contribution in [-0.4, -0.2) is 18.9 Å². The second-order valence-electron chi connectivity index (χ2n) is 17.2. The molecule has 0 atom stereocenters.